The van der Waals surface area contributed by atoms with Crippen molar-refractivity contribution in [2.75, 3.05) is 18.4 Å². The van der Waals surface area contributed by atoms with Crippen molar-refractivity contribution in [3.63, 3.8) is 0 Å². The van der Waals surface area contributed by atoms with Crippen LogP contribution in [-0.2, 0) is 10.9 Å². The van der Waals surface area contributed by atoms with Gasteiger partial charge in [-0.3, -0.25) is 0 Å². The van der Waals surface area contributed by atoms with Gasteiger partial charge in [0.25, 0.3) is 0 Å². The third-order valence-electron chi connectivity index (χ3n) is 6.72. The predicted molar refractivity (Wildman–Crippen MR) is 111 cm³/mol. The molecule has 0 aliphatic carbocycles. The lowest BCUT2D eigenvalue weighted by Crippen LogP contribution is -2.55. The highest BCUT2D eigenvalue weighted by molar-refractivity contribution is 5.69. The lowest BCUT2D eigenvalue weighted by molar-refractivity contribution is -0.141. The minimum Gasteiger partial charge on any atom is -0.443 e. The number of carbonyl (C=O) groups is 1. The van der Waals surface area contributed by atoms with Crippen LogP contribution in [0.4, 0.5) is 23.8 Å². The van der Waals surface area contributed by atoms with Crippen LogP contribution in [0.2, 0.25) is 0 Å². The van der Waals surface area contributed by atoms with E-state index in [0.717, 1.165) is 18.9 Å². The highest BCUT2D eigenvalue weighted by Gasteiger charge is 2.45. The van der Waals surface area contributed by atoms with E-state index in [2.05, 4.69) is 20.7 Å². The topological polar surface area (TPSA) is 83.8 Å². The van der Waals surface area contributed by atoms with Crippen LogP contribution < -0.4 is 10.6 Å². The SMILES string of the molecule is CC(C)c1cnn2c(NC3CC4CCC(C3)N4C(=O)OC3CNC3)cc(C(F)(F)F)nc12. The monoisotopic (exact) mass is 452 g/mol. The molecule has 0 aromatic carbocycles. The summed E-state index contributed by atoms with van der Waals surface area (Å²) in [5, 5.41) is 10.7. The number of aromatic nitrogens is 3. The maximum Gasteiger partial charge on any atom is 0.433 e. The Hall–Kier alpha value is -2.56. The number of hydrogen-bond donors (Lipinski definition) is 2. The van der Waals surface area contributed by atoms with E-state index in [4.69, 9.17) is 4.74 Å². The van der Waals surface area contributed by atoms with Gasteiger partial charge >= 0.3 is 12.3 Å². The van der Waals surface area contributed by atoms with E-state index in [0.29, 0.717) is 31.5 Å². The Morgan fingerprint density at radius 1 is 1.25 bits per heavy atom. The molecule has 0 radical (unpaired) electrons. The molecule has 5 heterocycles. The molecule has 3 aliphatic rings. The molecule has 0 saturated carbocycles. The minimum atomic E-state index is -4.56. The van der Waals surface area contributed by atoms with E-state index in [-0.39, 0.29) is 47.7 Å². The predicted octanol–water partition coefficient (Wildman–Crippen LogP) is 3.39. The lowest BCUT2D eigenvalue weighted by atomic mass is 9.97. The number of nitrogens with zero attached hydrogens (tertiary/aromatic N) is 4. The van der Waals surface area contributed by atoms with Crippen LogP contribution in [0.15, 0.2) is 12.3 Å². The molecular formula is C21H27F3N6O2. The van der Waals surface area contributed by atoms with Crippen molar-refractivity contribution in [2.24, 2.45) is 0 Å². The number of alkyl halides is 3. The molecule has 3 saturated heterocycles. The van der Waals surface area contributed by atoms with Crippen molar-refractivity contribution in [1.82, 2.24) is 24.8 Å². The molecule has 2 atom stereocenters. The highest BCUT2D eigenvalue weighted by Crippen LogP contribution is 2.38. The number of halogens is 3. The maximum atomic E-state index is 13.5. The largest absolute Gasteiger partial charge is 0.443 e. The summed E-state index contributed by atoms with van der Waals surface area (Å²) in [6, 6.07) is 1.00. The van der Waals surface area contributed by atoms with Gasteiger partial charge in [0, 0.05) is 42.8 Å². The molecule has 2 aromatic heterocycles. The Morgan fingerprint density at radius 3 is 2.50 bits per heavy atom. The molecule has 2 bridgehead atoms. The summed E-state index contributed by atoms with van der Waals surface area (Å²) in [5.74, 6) is 0.266. The average molecular weight is 452 g/mol. The van der Waals surface area contributed by atoms with Gasteiger partial charge in [-0.2, -0.15) is 22.8 Å². The molecule has 2 N–H and O–H groups in total. The molecule has 5 rings (SSSR count). The number of amides is 1. The van der Waals surface area contributed by atoms with Gasteiger partial charge in [0.2, 0.25) is 0 Å². The summed E-state index contributed by atoms with van der Waals surface area (Å²) in [7, 11) is 0. The van der Waals surface area contributed by atoms with Crippen molar-refractivity contribution in [2.45, 2.75) is 75.9 Å². The number of fused-ring (bicyclic) bond motifs is 3. The number of rotatable bonds is 4. The van der Waals surface area contributed by atoms with Crippen molar-refractivity contribution in [3.8, 4) is 0 Å². The fraction of sp³-hybridized carbons (Fsp3) is 0.667. The Kier molecular flexibility index (Phi) is 5.18. The second-order valence-electron chi connectivity index (χ2n) is 9.28. The fourth-order valence-electron chi connectivity index (χ4n) is 4.99. The number of carbonyl (C=O) groups excluding carboxylic acids is 1. The minimum absolute atomic E-state index is 0.00713. The van der Waals surface area contributed by atoms with Crippen LogP contribution in [0.5, 0.6) is 0 Å². The second kappa shape index (κ2) is 7.79. The number of nitrogens with one attached hydrogen (secondary N) is 2. The van der Waals surface area contributed by atoms with Crippen LogP contribution >= 0.6 is 0 Å². The summed E-state index contributed by atoms with van der Waals surface area (Å²) in [6.07, 6.45) is -0.273. The van der Waals surface area contributed by atoms with Crippen molar-refractivity contribution >= 4 is 17.6 Å². The van der Waals surface area contributed by atoms with E-state index >= 15 is 0 Å². The summed E-state index contributed by atoms with van der Waals surface area (Å²) in [4.78, 5) is 18.3. The van der Waals surface area contributed by atoms with Crippen LogP contribution in [0, 0.1) is 0 Å². The van der Waals surface area contributed by atoms with Gasteiger partial charge in [-0.15, -0.1) is 0 Å². The lowest BCUT2D eigenvalue weighted by Gasteiger charge is -2.40. The standard InChI is InChI=1S/C21H27F3N6O2/c1-11(2)16-10-26-30-18(7-17(21(22,23)24)28-19(16)30)27-12-5-13-3-4-14(6-12)29(13)20(31)32-15-8-25-9-15/h7,10-15,25,27H,3-6,8-9H2,1-2H3. The summed E-state index contributed by atoms with van der Waals surface area (Å²) >= 11 is 0. The number of piperidine rings is 1. The molecule has 8 nitrogen and oxygen atoms in total. The molecule has 174 valence electrons. The van der Waals surface area contributed by atoms with E-state index in [1.165, 1.54) is 4.52 Å². The first kappa shape index (κ1) is 21.3. The maximum absolute atomic E-state index is 13.5. The molecule has 1 amide bonds. The Bertz CT molecular complexity index is 1000. The smallest absolute Gasteiger partial charge is 0.433 e. The number of anilines is 1. The molecule has 2 aromatic rings. The van der Waals surface area contributed by atoms with E-state index < -0.39 is 11.9 Å². The van der Waals surface area contributed by atoms with Crippen molar-refractivity contribution < 1.29 is 22.7 Å². The van der Waals surface area contributed by atoms with Gasteiger partial charge in [0.1, 0.15) is 11.9 Å². The molecule has 2 unspecified atom stereocenters. The summed E-state index contributed by atoms with van der Waals surface area (Å²) < 4.78 is 47.6. The van der Waals surface area contributed by atoms with Crippen LogP contribution in [0.1, 0.15) is 56.7 Å². The summed E-state index contributed by atoms with van der Waals surface area (Å²) in [5.41, 5.74) is -0.0503. The normalized spacial score (nSPS) is 25.9. The number of ether oxygens (including phenoxy) is 1. The fourth-order valence-corrected chi connectivity index (χ4v) is 4.99. The van der Waals surface area contributed by atoms with E-state index in [1.807, 2.05) is 18.7 Å². The molecule has 11 heteroatoms. The van der Waals surface area contributed by atoms with Gasteiger partial charge < -0.3 is 20.3 Å². The van der Waals surface area contributed by atoms with Crippen LogP contribution in [0.25, 0.3) is 5.65 Å². The zero-order chi connectivity index (χ0) is 22.6. The third kappa shape index (κ3) is 3.76. The third-order valence-corrected chi connectivity index (χ3v) is 6.72. The molecule has 32 heavy (non-hydrogen) atoms. The van der Waals surface area contributed by atoms with Gasteiger partial charge in [-0.1, -0.05) is 13.8 Å². The van der Waals surface area contributed by atoms with Crippen molar-refractivity contribution in [3.05, 3.63) is 23.5 Å². The Morgan fingerprint density at radius 2 is 1.94 bits per heavy atom. The van der Waals surface area contributed by atoms with Gasteiger partial charge in [-0.25, -0.2) is 9.78 Å². The van der Waals surface area contributed by atoms with Gasteiger partial charge in [0.15, 0.2) is 11.3 Å². The first-order chi connectivity index (χ1) is 15.2. The number of hydrogen-bond acceptors (Lipinski definition) is 6. The molecular weight excluding hydrogens is 425 g/mol. The van der Waals surface area contributed by atoms with Gasteiger partial charge in [0.05, 0.1) is 6.20 Å². The molecule has 0 spiro atoms. The van der Waals surface area contributed by atoms with E-state index in [9.17, 15) is 18.0 Å². The molecule has 3 fully saturated rings. The Balaban J connectivity index is 1.38. The highest BCUT2D eigenvalue weighted by atomic mass is 19.4. The van der Waals surface area contributed by atoms with Crippen molar-refractivity contribution in [1.29, 1.82) is 0 Å². The van der Waals surface area contributed by atoms with Crippen LogP contribution in [0.3, 0.4) is 0 Å². The second-order valence-corrected chi connectivity index (χ2v) is 9.28. The zero-order valence-electron chi connectivity index (χ0n) is 18.0. The first-order valence-electron chi connectivity index (χ1n) is 11.1. The van der Waals surface area contributed by atoms with Crippen LogP contribution in [-0.4, -0.2) is 62.9 Å². The first-order valence-corrected chi connectivity index (χ1v) is 11.1. The summed E-state index contributed by atoms with van der Waals surface area (Å²) in [6.45, 7) is 5.16. The Labute approximate surface area is 183 Å². The molecule has 3 aliphatic heterocycles. The van der Waals surface area contributed by atoms with E-state index in [1.54, 1.807) is 6.20 Å². The zero-order valence-corrected chi connectivity index (χ0v) is 18.0. The average Bonchev–Trinajstić information content (AvgIpc) is 3.23. The quantitative estimate of drug-likeness (QED) is 0.740. The van der Waals surface area contributed by atoms with Gasteiger partial charge in [-0.05, 0) is 31.6 Å².